The Balaban J connectivity index is 1.71. The zero-order chi connectivity index (χ0) is 16.1. The molecule has 4 nitrogen and oxygen atoms in total. The number of ether oxygens (including phenoxy) is 2. The second-order valence-corrected chi connectivity index (χ2v) is 5.62. The normalized spacial score (nSPS) is 17.2. The Hall–Kier alpha value is -2.49. The standard InChI is InChI=1S/C19H21NO3/c1-2-12-22-17-10-8-15(9-11-17)13-20-18(14-23-19(20)21)16-6-4-3-5-7-16/h3-11,18H,2,12-14H2,1H3. The molecule has 1 heterocycles. The highest BCUT2D eigenvalue weighted by Gasteiger charge is 2.33. The lowest BCUT2D eigenvalue weighted by atomic mass is 10.1. The lowest BCUT2D eigenvalue weighted by Gasteiger charge is -2.21. The van der Waals surface area contributed by atoms with E-state index in [1.165, 1.54) is 0 Å². The van der Waals surface area contributed by atoms with Crippen molar-refractivity contribution in [3.63, 3.8) is 0 Å². The molecule has 0 radical (unpaired) electrons. The Labute approximate surface area is 136 Å². The minimum absolute atomic E-state index is 0.0280. The summed E-state index contributed by atoms with van der Waals surface area (Å²) in [5, 5.41) is 0. The van der Waals surface area contributed by atoms with Crippen LogP contribution in [0, 0.1) is 0 Å². The molecule has 0 aliphatic carbocycles. The van der Waals surface area contributed by atoms with Crippen LogP contribution in [0.5, 0.6) is 5.75 Å². The summed E-state index contributed by atoms with van der Waals surface area (Å²) in [5.41, 5.74) is 2.16. The fourth-order valence-electron chi connectivity index (χ4n) is 2.68. The Morgan fingerprint density at radius 2 is 1.87 bits per heavy atom. The molecule has 1 saturated heterocycles. The molecule has 1 aliphatic heterocycles. The summed E-state index contributed by atoms with van der Waals surface area (Å²) in [6.07, 6.45) is 0.727. The molecule has 0 bridgehead atoms. The van der Waals surface area contributed by atoms with Gasteiger partial charge in [-0.1, -0.05) is 49.4 Å². The Kier molecular flexibility index (Phi) is 4.81. The van der Waals surface area contributed by atoms with Crippen molar-refractivity contribution in [1.82, 2.24) is 4.90 Å². The van der Waals surface area contributed by atoms with E-state index in [0.717, 1.165) is 23.3 Å². The van der Waals surface area contributed by atoms with E-state index < -0.39 is 0 Å². The van der Waals surface area contributed by atoms with Crippen LogP contribution < -0.4 is 4.74 Å². The summed E-state index contributed by atoms with van der Waals surface area (Å²) in [6.45, 7) is 3.73. The van der Waals surface area contributed by atoms with Crippen LogP contribution in [0.15, 0.2) is 54.6 Å². The largest absolute Gasteiger partial charge is 0.494 e. The van der Waals surface area contributed by atoms with E-state index in [1.54, 1.807) is 4.90 Å². The minimum atomic E-state index is -0.259. The maximum absolute atomic E-state index is 12.0. The third-order valence-electron chi connectivity index (χ3n) is 3.91. The van der Waals surface area contributed by atoms with Gasteiger partial charge in [0.15, 0.2) is 0 Å². The number of rotatable bonds is 6. The van der Waals surface area contributed by atoms with Crippen LogP contribution in [0.4, 0.5) is 4.79 Å². The first-order valence-electron chi connectivity index (χ1n) is 7.98. The van der Waals surface area contributed by atoms with Gasteiger partial charge < -0.3 is 9.47 Å². The Bertz CT molecular complexity index is 639. The van der Waals surface area contributed by atoms with E-state index in [1.807, 2.05) is 54.6 Å². The molecule has 120 valence electrons. The van der Waals surface area contributed by atoms with Crippen molar-refractivity contribution in [2.45, 2.75) is 25.9 Å². The van der Waals surface area contributed by atoms with Gasteiger partial charge in [0.1, 0.15) is 12.4 Å². The van der Waals surface area contributed by atoms with Gasteiger partial charge in [-0.05, 0) is 29.7 Å². The fourth-order valence-corrected chi connectivity index (χ4v) is 2.68. The van der Waals surface area contributed by atoms with Crippen LogP contribution >= 0.6 is 0 Å². The zero-order valence-corrected chi connectivity index (χ0v) is 13.3. The number of carbonyl (C=O) groups is 1. The molecule has 3 rings (SSSR count). The van der Waals surface area contributed by atoms with E-state index in [4.69, 9.17) is 9.47 Å². The molecule has 23 heavy (non-hydrogen) atoms. The van der Waals surface area contributed by atoms with Crippen LogP contribution in [-0.4, -0.2) is 24.2 Å². The van der Waals surface area contributed by atoms with Gasteiger partial charge in [-0.25, -0.2) is 4.79 Å². The number of hydrogen-bond acceptors (Lipinski definition) is 3. The van der Waals surface area contributed by atoms with E-state index in [0.29, 0.717) is 19.8 Å². The van der Waals surface area contributed by atoms with Gasteiger partial charge in [0.25, 0.3) is 0 Å². The quantitative estimate of drug-likeness (QED) is 0.803. The summed E-state index contributed by atoms with van der Waals surface area (Å²) in [7, 11) is 0. The molecule has 1 unspecified atom stereocenters. The summed E-state index contributed by atoms with van der Waals surface area (Å²) < 4.78 is 10.8. The lowest BCUT2D eigenvalue weighted by molar-refractivity contribution is 0.156. The van der Waals surface area contributed by atoms with E-state index >= 15 is 0 Å². The van der Waals surface area contributed by atoms with Crippen LogP contribution in [0.25, 0.3) is 0 Å². The number of carbonyl (C=O) groups excluding carboxylic acids is 1. The molecule has 1 aliphatic rings. The smallest absolute Gasteiger partial charge is 0.410 e. The molecule has 0 spiro atoms. The molecule has 0 N–H and O–H groups in total. The number of benzene rings is 2. The molecule has 0 saturated carbocycles. The zero-order valence-electron chi connectivity index (χ0n) is 13.3. The van der Waals surface area contributed by atoms with Crippen molar-refractivity contribution in [3.8, 4) is 5.75 Å². The van der Waals surface area contributed by atoms with E-state index in [2.05, 4.69) is 6.92 Å². The highest BCUT2D eigenvalue weighted by atomic mass is 16.6. The average molecular weight is 311 g/mol. The molecule has 0 aromatic heterocycles. The van der Waals surface area contributed by atoms with Crippen LogP contribution in [-0.2, 0) is 11.3 Å². The van der Waals surface area contributed by atoms with Crippen molar-refractivity contribution in [1.29, 1.82) is 0 Å². The van der Waals surface area contributed by atoms with Gasteiger partial charge >= 0.3 is 6.09 Å². The van der Waals surface area contributed by atoms with Crippen molar-refractivity contribution >= 4 is 6.09 Å². The van der Waals surface area contributed by atoms with Crippen molar-refractivity contribution < 1.29 is 14.3 Å². The number of hydrogen-bond donors (Lipinski definition) is 0. The molecule has 4 heteroatoms. The third-order valence-corrected chi connectivity index (χ3v) is 3.91. The number of amides is 1. The molecular weight excluding hydrogens is 290 g/mol. The first kappa shape index (κ1) is 15.4. The highest BCUT2D eigenvalue weighted by molar-refractivity contribution is 5.70. The third kappa shape index (κ3) is 3.65. The van der Waals surface area contributed by atoms with Crippen molar-refractivity contribution in [2.75, 3.05) is 13.2 Å². The first-order chi connectivity index (χ1) is 11.3. The number of cyclic esters (lactones) is 1. The maximum Gasteiger partial charge on any atom is 0.410 e. The van der Waals surface area contributed by atoms with E-state index in [-0.39, 0.29) is 12.1 Å². The predicted octanol–water partition coefficient (Wildman–Crippen LogP) is 4.17. The molecule has 1 amide bonds. The summed E-state index contributed by atoms with van der Waals surface area (Å²) in [6, 6.07) is 17.9. The first-order valence-corrected chi connectivity index (χ1v) is 7.98. The average Bonchev–Trinajstić information content (AvgIpc) is 2.96. The number of nitrogens with zero attached hydrogens (tertiary/aromatic N) is 1. The minimum Gasteiger partial charge on any atom is -0.494 e. The van der Waals surface area contributed by atoms with Crippen LogP contribution in [0.1, 0.15) is 30.5 Å². The summed E-state index contributed by atoms with van der Waals surface area (Å²) >= 11 is 0. The maximum atomic E-state index is 12.0. The monoisotopic (exact) mass is 311 g/mol. The Morgan fingerprint density at radius 3 is 2.57 bits per heavy atom. The lowest BCUT2D eigenvalue weighted by Crippen LogP contribution is -2.27. The second kappa shape index (κ2) is 7.18. The fraction of sp³-hybridized carbons (Fsp3) is 0.316. The van der Waals surface area contributed by atoms with Gasteiger partial charge in [-0.15, -0.1) is 0 Å². The SMILES string of the molecule is CCCOc1ccc(CN2C(=O)OCC2c2ccccc2)cc1. The Morgan fingerprint density at radius 1 is 1.13 bits per heavy atom. The van der Waals surface area contributed by atoms with Crippen molar-refractivity contribution in [2.24, 2.45) is 0 Å². The van der Waals surface area contributed by atoms with Crippen LogP contribution in [0.3, 0.4) is 0 Å². The molecule has 1 fully saturated rings. The van der Waals surface area contributed by atoms with Gasteiger partial charge in [-0.3, -0.25) is 4.90 Å². The summed E-state index contributed by atoms with van der Waals surface area (Å²) in [5.74, 6) is 0.860. The van der Waals surface area contributed by atoms with Gasteiger partial charge in [-0.2, -0.15) is 0 Å². The highest BCUT2D eigenvalue weighted by Crippen LogP contribution is 2.29. The second-order valence-electron chi connectivity index (χ2n) is 5.62. The predicted molar refractivity (Wildman–Crippen MR) is 88.3 cm³/mol. The summed E-state index contributed by atoms with van der Waals surface area (Å²) in [4.78, 5) is 13.8. The molecule has 1 atom stereocenters. The van der Waals surface area contributed by atoms with Gasteiger partial charge in [0, 0.05) is 6.54 Å². The van der Waals surface area contributed by atoms with Crippen molar-refractivity contribution in [3.05, 3.63) is 65.7 Å². The van der Waals surface area contributed by atoms with Gasteiger partial charge in [0.2, 0.25) is 0 Å². The van der Waals surface area contributed by atoms with E-state index in [9.17, 15) is 4.79 Å². The molecular formula is C19H21NO3. The molecule has 2 aromatic carbocycles. The van der Waals surface area contributed by atoms with Crippen LogP contribution in [0.2, 0.25) is 0 Å². The topological polar surface area (TPSA) is 38.8 Å². The van der Waals surface area contributed by atoms with Gasteiger partial charge in [0.05, 0.1) is 12.6 Å². The molecule has 2 aromatic rings.